The highest BCUT2D eigenvalue weighted by Crippen LogP contribution is 2.34. The van der Waals surface area contributed by atoms with Gasteiger partial charge in [-0.2, -0.15) is 0 Å². The van der Waals surface area contributed by atoms with Crippen LogP contribution in [0.2, 0.25) is 0 Å². The smallest absolute Gasteiger partial charge is 0.268 e. The number of nitrogens with one attached hydrogen (secondary N) is 1. The van der Waals surface area contributed by atoms with Crippen molar-refractivity contribution in [2.75, 3.05) is 23.9 Å². The van der Waals surface area contributed by atoms with E-state index in [1.807, 2.05) is 25.1 Å². The van der Waals surface area contributed by atoms with E-state index < -0.39 is 6.10 Å². The molecule has 25 heavy (non-hydrogen) atoms. The van der Waals surface area contributed by atoms with Crippen LogP contribution in [-0.4, -0.2) is 31.6 Å². The lowest BCUT2D eigenvalue weighted by Gasteiger charge is -2.33. The molecule has 0 fully saturated rings. The minimum Gasteiger partial charge on any atom is -0.495 e. The van der Waals surface area contributed by atoms with E-state index in [9.17, 15) is 9.59 Å². The van der Waals surface area contributed by atoms with Crippen molar-refractivity contribution in [2.24, 2.45) is 0 Å². The molecule has 0 saturated carbocycles. The predicted molar refractivity (Wildman–Crippen MR) is 95.1 cm³/mol. The molecule has 1 heterocycles. The van der Waals surface area contributed by atoms with Crippen LogP contribution < -0.4 is 19.7 Å². The van der Waals surface area contributed by atoms with Crippen LogP contribution in [0.25, 0.3) is 0 Å². The number of carbonyl (C=O) groups excluding carboxylic acids is 2. The van der Waals surface area contributed by atoms with E-state index in [0.29, 0.717) is 29.3 Å². The van der Waals surface area contributed by atoms with E-state index in [4.69, 9.17) is 9.47 Å². The summed E-state index contributed by atoms with van der Waals surface area (Å²) in [5.41, 5.74) is 1.17. The third-order valence-electron chi connectivity index (χ3n) is 4.02. The van der Waals surface area contributed by atoms with Gasteiger partial charge in [0.05, 0.1) is 18.5 Å². The fourth-order valence-corrected chi connectivity index (χ4v) is 2.78. The molecule has 2 aromatic rings. The number of amides is 2. The van der Waals surface area contributed by atoms with E-state index in [2.05, 4.69) is 5.32 Å². The second-order valence-electron chi connectivity index (χ2n) is 5.66. The van der Waals surface area contributed by atoms with Gasteiger partial charge in [-0.25, -0.2) is 0 Å². The quantitative estimate of drug-likeness (QED) is 0.909. The molecule has 6 nitrogen and oxygen atoms in total. The number of hydrogen-bond donors (Lipinski definition) is 1. The van der Waals surface area contributed by atoms with Gasteiger partial charge < -0.3 is 14.8 Å². The van der Waals surface area contributed by atoms with Gasteiger partial charge in [0.2, 0.25) is 5.91 Å². The molecule has 1 atom stereocenters. The molecule has 0 aliphatic carbocycles. The van der Waals surface area contributed by atoms with Crippen LogP contribution in [0.1, 0.15) is 13.3 Å². The third kappa shape index (κ3) is 3.42. The maximum Gasteiger partial charge on any atom is 0.268 e. The monoisotopic (exact) mass is 340 g/mol. The molecule has 2 aromatic carbocycles. The van der Waals surface area contributed by atoms with Gasteiger partial charge in [-0.1, -0.05) is 31.2 Å². The Labute approximate surface area is 146 Å². The molecular weight excluding hydrogens is 320 g/mol. The van der Waals surface area contributed by atoms with Crippen molar-refractivity contribution in [1.82, 2.24) is 0 Å². The highest BCUT2D eigenvalue weighted by atomic mass is 16.5. The van der Waals surface area contributed by atoms with E-state index in [1.54, 1.807) is 37.4 Å². The number of benzene rings is 2. The van der Waals surface area contributed by atoms with Crippen molar-refractivity contribution in [2.45, 2.75) is 19.4 Å². The van der Waals surface area contributed by atoms with Gasteiger partial charge in [0.1, 0.15) is 18.0 Å². The summed E-state index contributed by atoms with van der Waals surface area (Å²) in [4.78, 5) is 26.6. The summed E-state index contributed by atoms with van der Waals surface area (Å²) >= 11 is 0. The fraction of sp³-hybridized carbons (Fsp3) is 0.263. The molecule has 1 aliphatic heterocycles. The zero-order chi connectivity index (χ0) is 17.8. The van der Waals surface area contributed by atoms with E-state index in [0.717, 1.165) is 0 Å². The Morgan fingerprint density at radius 1 is 1.20 bits per heavy atom. The van der Waals surface area contributed by atoms with Crippen molar-refractivity contribution in [3.05, 3.63) is 48.5 Å². The third-order valence-corrected chi connectivity index (χ3v) is 4.02. The molecule has 2 amide bonds. The van der Waals surface area contributed by atoms with Crippen LogP contribution in [-0.2, 0) is 9.59 Å². The molecule has 6 heteroatoms. The first-order chi connectivity index (χ1) is 12.1. The van der Waals surface area contributed by atoms with Crippen LogP contribution >= 0.6 is 0 Å². The number of rotatable bonds is 5. The van der Waals surface area contributed by atoms with Crippen molar-refractivity contribution in [1.29, 1.82) is 0 Å². The fourth-order valence-electron chi connectivity index (χ4n) is 2.78. The molecule has 1 unspecified atom stereocenters. The number of ether oxygens (including phenoxy) is 2. The highest BCUT2D eigenvalue weighted by Gasteiger charge is 2.34. The average molecular weight is 340 g/mol. The SMILES string of the molecule is CCC1Oc2ccccc2N(CC(=O)Nc2ccccc2OC)C1=O. The first-order valence-corrected chi connectivity index (χ1v) is 8.14. The van der Waals surface area contributed by atoms with Crippen LogP contribution in [0.4, 0.5) is 11.4 Å². The molecule has 3 rings (SSSR count). The van der Waals surface area contributed by atoms with Crippen molar-refractivity contribution in [3.8, 4) is 11.5 Å². The Hall–Kier alpha value is -3.02. The second-order valence-corrected chi connectivity index (χ2v) is 5.66. The zero-order valence-electron chi connectivity index (χ0n) is 14.2. The van der Waals surface area contributed by atoms with Gasteiger partial charge in [-0.15, -0.1) is 0 Å². The molecule has 1 N–H and O–H groups in total. The lowest BCUT2D eigenvalue weighted by atomic mass is 10.1. The number of anilines is 2. The lowest BCUT2D eigenvalue weighted by Crippen LogP contribution is -2.48. The maximum atomic E-state index is 12.6. The Morgan fingerprint density at radius 3 is 2.68 bits per heavy atom. The molecule has 130 valence electrons. The summed E-state index contributed by atoms with van der Waals surface area (Å²) in [7, 11) is 1.54. The molecule has 0 bridgehead atoms. The van der Waals surface area contributed by atoms with Gasteiger partial charge in [0.25, 0.3) is 5.91 Å². The number of fused-ring (bicyclic) bond motifs is 1. The minimum atomic E-state index is -0.575. The Bertz CT molecular complexity index is 790. The summed E-state index contributed by atoms with van der Waals surface area (Å²) in [6.45, 7) is 1.79. The van der Waals surface area contributed by atoms with E-state index in [-0.39, 0.29) is 18.4 Å². The molecule has 0 aromatic heterocycles. The van der Waals surface area contributed by atoms with E-state index >= 15 is 0 Å². The van der Waals surface area contributed by atoms with Gasteiger partial charge in [0.15, 0.2) is 6.10 Å². The van der Waals surface area contributed by atoms with Crippen molar-refractivity contribution >= 4 is 23.2 Å². The molecule has 0 radical (unpaired) electrons. The van der Waals surface area contributed by atoms with Crippen molar-refractivity contribution < 1.29 is 19.1 Å². The van der Waals surface area contributed by atoms with Gasteiger partial charge in [-0.3, -0.25) is 14.5 Å². The molecule has 0 spiro atoms. The number of carbonyl (C=O) groups is 2. The van der Waals surface area contributed by atoms with E-state index in [1.165, 1.54) is 4.90 Å². The first kappa shape index (κ1) is 16.8. The number of hydrogen-bond acceptors (Lipinski definition) is 4. The normalized spacial score (nSPS) is 16.0. The molecule has 0 saturated heterocycles. The van der Waals surface area contributed by atoms with Gasteiger partial charge in [-0.05, 0) is 30.7 Å². The average Bonchev–Trinajstić information content (AvgIpc) is 2.64. The zero-order valence-corrected chi connectivity index (χ0v) is 14.2. The lowest BCUT2D eigenvalue weighted by molar-refractivity contribution is -0.128. The standard InChI is InChI=1S/C19H20N2O4/c1-3-15-19(23)21(14-9-5-7-11-17(14)25-15)12-18(22)20-13-8-4-6-10-16(13)24-2/h4-11,15H,3,12H2,1-2H3,(H,20,22). The summed E-state index contributed by atoms with van der Waals surface area (Å²) in [6, 6.07) is 14.4. The highest BCUT2D eigenvalue weighted by molar-refractivity contribution is 6.06. The van der Waals surface area contributed by atoms with Gasteiger partial charge >= 0.3 is 0 Å². The van der Waals surface area contributed by atoms with Gasteiger partial charge in [0, 0.05) is 0 Å². The summed E-state index contributed by atoms with van der Waals surface area (Å²) in [6.07, 6.45) is -0.0356. The first-order valence-electron chi connectivity index (χ1n) is 8.14. The summed E-state index contributed by atoms with van der Waals surface area (Å²) < 4.78 is 10.9. The van der Waals surface area contributed by atoms with Crippen molar-refractivity contribution in [3.63, 3.8) is 0 Å². The topological polar surface area (TPSA) is 67.9 Å². The Kier molecular flexibility index (Phi) is 4.88. The maximum absolute atomic E-state index is 12.6. The summed E-state index contributed by atoms with van der Waals surface area (Å²) in [5.74, 6) is 0.663. The number of nitrogens with zero attached hydrogens (tertiary/aromatic N) is 1. The minimum absolute atomic E-state index is 0.0895. The molecular formula is C19H20N2O4. The molecule has 1 aliphatic rings. The number of para-hydroxylation sites is 4. The largest absolute Gasteiger partial charge is 0.495 e. The van der Waals surface area contributed by atoms with Crippen LogP contribution in [0.5, 0.6) is 11.5 Å². The summed E-state index contributed by atoms with van der Waals surface area (Å²) in [5, 5.41) is 2.79. The van der Waals surface area contributed by atoms with Crippen LogP contribution in [0.15, 0.2) is 48.5 Å². The second kappa shape index (κ2) is 7.25. The Balaban J connectivity index is 1.81. The number of methoxy groups -OCH3 is 1. The van der Waals surface area contributed by atoms with Crippen LogP contribution in [0, 0.1) is 0 Å². The van der Waals surface area contributed by atoms with Crippen LogP contribution in [0.3, 0.4) is 0 Å². The Morgan fingerprint density at radius 2 is 1.92 bits per heavy atom. The predicted octanol–water partition coefficient (Wildman–Crippen LogP) is 2.84.